The van der Waals surface area contributed by atoms with Crippen molar-refractivity contribution < 1.29 is 4.79 Å². The maximum atomic E-state index is 11.8. The summed E-state index contributed by atoms with van der Waals surface area (Å²) in [4.78, 5) is 11.8. The van der Waals surface area contributed by atoms with Crippen molar-refractivity contribution in [3.63, 3.8) is 0 Å². The SMILES string of the molecule is CC(C)(C)C(=O)Nc1ccc2c(c1)CCN2. The van der Waals surface area contributed by atoms with Gasteiger partial charge in [0.15, 0.2) is 0 Å². The Labute approximate surface area is 96.2 Å². The standard InChI is InChI=1S/C13H18N2O/c1-13(2,3)12(16)15-10-4-5-11-9(8-10)6-7-14-11/h4-5,8,14H,6-7H2,1-3H3,(H,15,16). The van der Waals surface area contributed by atoms with E-state index in [-0.39, 0.29) is 11.3 Å². The summed E-state index contributed by atoms with van der Waals surface area (Å²) in [6.45, 7) is 6.73. The van der Waals surface area contributed by atoms with Gasteiger partial charge in [0, 0.05) is 23.3 Å². The van der Waals surface area contributed by atoms with Crippen LogP contribution in [-0.2, 0) is 11.2 Å². The molecule has 16 heavy (non-hydrogen) atoms. The molecule has 1 heterocycles. The second-order valence-electron chi connectivity index (χ2n) is 5.25. The van der Waals surface area contributed by atoms with E-state index in [1.54, 1.807) is 0 Å². The average molecular weight is 218 g/mol. The number of hydrogen-bond acceptors (Lipinski definition) is 2. The third-order valence-electron chi connectivity index (χ3n) is 2.75. The van der Waals surface area contributed by atoms with E-state index >= 15 is 0 Å². The lowest BCUT2D eigenvalue weighted by Crippen LogP contribution is -2.27. The van der Waals surface area contributed by atoms with E-state index in [4.69, 9.17) is 0 Å². The second kappa shape index (κ2) is 3.81. The highest BCUT2D eigenvalue weighted by atomic mass is 16.2. The van der Waals surface area contributed by atoms with Crippen molar-refractivity contribution in [1.82, 2.24) is 0 Å². The van der Waals surface area contributed by atoms with Gasteiger partial charge in [-0.1, -0.05) is 20.8 Å². The maximum Gasteiger partial charge on any atom is 0.229 e. The van der Waals surface area contributed by atoms with Crippen LogP contribution < -0.4 is 10.6 Å². The van der Waals surface area contributed by atoms with Crippen molar-refractivity contribution in [2.45, 2.75) is 27.2 Å². The van der Waals surface area contributed by atoms with E-state index in [9.17, 15) is 4.79 Å². The summed E-state index contributed by atoms with van der Waals surface area (Å²) in [6, 6.07) is 6.03. The molecule has 0 fully saturated rings. The Kier molecular flexibility index (Phi) is 2.62. The average Bonchev–Trinajstić information content (AvgIpc) is 2.63. The summed E-state index contributed by atoms with van der Waals surface area (Å²) in [5.41, 5.74) is 3.01. The van der Waals surface area contributed by atoms with Gasteiger partial charge in [0.1, 0.15) is 0 Å². The zero-order chi connectivity index (χ0) is 11.8. The van der Waals surface area contributed by atoms with Gasteiger partial charge in [-0.05, 0) is 30.2 Å². The van der Waals surface area contributed by atoms with Crippen LogP contribution in [0.5, 0.6) is 0 Å². The number of hydrogen-bond donors (Lipinski definition) is 2. The quantitative estimate of drug-likeness (QED) is 0.760. The predicted octanol–water partition coefficient (Wildman–Crippen LogP) is 2.64. The molecular weight excluding hydrogens is 200 g/mol. The molecule has 0 spiro atoms. The van der Waals surface area contributed by atoms with Gasteiger partial charge < -0.3 is 10.6 Å². The van der Waals surface area contributed by atoms with Crippen molar-refractivity contribution in [2.75, 3.05) is 17.2 Å². The molecule has 2 rings (SSSR count). The Morgan fingerprint density at radius 2 is 2.12 bits per heavy atom. The van der Waals surface area contributed by atoms with Crippen LogP contribution in [0.15, 0.2) is 18.2 Å². The van der Waals surface area contributed by atoms with Crippen LogP contribution in [0.1, 0.15) is 26.3 Å². The molecule has 1 amide bonds. The van der Waals surface area contributed by atoms with Gasteiger partial charge in [-0.25, -0.2) is 0 Å². The predicted molar refractivity (Wildman–Crippen MR) is 66.7 cm³/mol. The van der Waals surface area contributed by atoms with Crippen LogP contribution in [0, 0.1) is 5.41 Å². The van der Waals surface area contributed by atoms with Gasteiger partial charge >= 0.3 is 0 Å². The van der Waals surface area contributed by atoms with Crippen molar-refractivity contribution in [3.8, 4) is 0 Å². The van der Waals surface area contributed by atoms with Gasteiger partial charge in [-0.15, -0.1) is 0 Å². The Morgan fingerprint density at radius 3 is 2.81 bits per heavy atom. The first-order valence-electron chi connectivity index (χ1n) is 5.65. The summed E-state index contributed by atoms with van der Waals surface area (Å²) in [7, 11) is 0. The number of carbonyl (C=O) groups is 1. The van der Waals surface area contributed by atoms with Gasteiger partial charge in [0.2, 0.25) is 5.91 Å². The van der Waals surface area contributed by atoms with Gasteiger partial charge in [0.05, 0.1) is 0 Å². The normalized spacial score (nSPS) is 14.2. The Bertz CT molecular complexity index is 418. The smallest absolute Gasteiger partial charge is 0.229 e. The molecular formula is C13H18N2O. The fraction of sp³-hybridized carbons (Fsp3) is 0.462. The van der Waals surface area contributed by atoms with Crippen molar-refractivity contribution in [2.24, 2.45) is 5.41 Å². The maximum absolute atomic E-state index is 11.8. The van der Waals surface area contributed by atoms with Crippen molar-refractivity contribution in [3.05, 3.63) is 23.8 Å². The zero-order valence-corrected chi connectivity index (χ0v) is 10.1. The lowest BCUT2D eigenvalue weighted by atomic mass is 9.95. The Balaban J connectivity index is 2.14. The van der Waals surface area contributed by atoms with E-state index in [0.29, 0.717) is 0 Å². The van der Waals surface area contributed by atoms with Gasteiger partial charge in [-0.2, -0.15) is 0 Å². The third kappa shape index (κ3) is 2.18. The van der Waals surface area contributed by atoms with Crippen LogP contribution in [0.4, 0.5) is 11.4 Å². The van der Waals surface area contributed by atoms with E-state index in [0.717, 1.165) is 18.7 Å². The molecule has 86 valence electrons. The number of fused-ring (bicyclic) bond motifs is 1. The highest BCUT2D eigenvalue weighted by Crippen LogP contribution is 2.26. The van der Waals surface area contributed by atoms with Crippen LogP contribution in [0.3, 0.4) is 0 Å². The number of carbonyl (C=O) groups excluding carboxylic acids is 1. The molecule has 0 saturated heterocycles. The van der Waals surface area contributed by atoms with Crippen molar-refractivity contribution >= 4 is 17.3 Å². The molecule has 1 aromatic rings. The van der Waals surface area contributed by atoms with Crippen LogP contribution in [0.25, 0.3) is 0 Å². The molecule has 3 nitrogen and oxygen atoms in total. The number of amides is 1. The minimum Gasteiger partial charge on any atom is -0.384 e. The summed E-state index contributed by atoms with van der Waals surface area (Å²) in [5.74, 6) is 0.0541. The summed E-state index contributed by atoms with van der Waals surface area (Å²) in [6.07, 6.45) is 1.04. The van der Waals surface area contributed by atoms with Crippen LogP contribution in [-0.4, -0.2) is 12.5 Å². The molecule has 0 radical (unpaired) electrons. The molecule has 0 unspecified atom stereocenters. The lowest BCUT2D eigenvalue weighted by Gasteiger charge is -2.18. The molecule has 2 N–H and O–H groups in total. The molecule has 0 saturated carbocycles. The van der Waals surface area contributed by atoms with Gasteiger partial charge in [0.25, 0.3) is 0 Å². The minimum absolute atomic E-state index is 0.0541. The molecule has 0 atom stereocenters. The first-order chi connectivity index (χ1) is 7.47. The molecule has 0 bridgehead atoms. The number of rotatable bonds is 1. The van der Waals surface area contributed by atoms with E-state index in [1.807, 2.05) is 32.9 Å². The van der Waals surface area contributed by atoms with Crippen LogP contribution >= 0.6 is 0 Å². The molecule has 1 aliphatic rings. The van der Waals surface area contributed by atoms with Gasteiger partial charge in [-0.3, -0.25) is 4.79 Å². The summed E-state index contributed by atoms with van der Waals surface area (Å²) >= 11 is 0. The molecule has 3 heteroatoms. The van der Waals surface area contributed by atoms with Crippen LogP contribution in [0.2, 0.25) is 0 Å². The lowest BCUT2D eigenvalue weighted by molar-refractivity contribution is -0.123. The summed E-state index contributed by atoms with van der Waals surface area (Å²) < 4.78 is 0. The first-order valence-corrected chi connectivity index (χ1v) is 5.65. The van der Waals surface area contributed by atoms with E-state index in [1.165, 1.54) is 11.3 Å². The molecule has 1 aliphatic heterocycles. The van der Waals surface area contributed by atoms with Crippen molar-refractivity contribution in [1.29, 1.82) is 0 Å². The third-order valence-corrected chi connectivity index (χ3v) is 2.75. The second-order valence-corrected chi connectivity index (χ2v) is 5.25. The largest absolute Gasteiger partial charge is 0.384 e. The first kappa shape index (κ1) is 11.0. The monoisotopic (exact) mass is 218 g/mol. The Morgan fingerprint density at radius 1 is 1.38 bits per heavy atom. The topological polar surface area (TPSA) is 41.1 Å². The van der Waals surface area contributed by atoms with E-state index < -0.39 is 0 Å². The zero-order valence-electron chi connectivity index (χ0n) is 10.1. The Hall–Kier alpha value is -1.51. The fourth-order valence-corrected chi connectivity index (χ4v) is 1.70. The number of benzene rings is 1. The molecule has 0 aromatic heterocycles. The summed E-state index contributed by atoms with van der Waals surface area (Å²) in [5, 5.41) is 6.24. The van der Waals surface area contributed by atoms with E-state index in [2.05, 4.69) is 16.7 Å². The molecule has 0 aliphatic carbocycles. The highest BCUT2D eigenvalue weighted by Gasteiger charge is 2.21. The highest BCUT2D eigenvalue weighted by molar-refractivity contribution is 5.94. The molecule has 1 aromatic carbocycles. The fourth-order valence-electron chi connectivity index (χ4n) is 1.70. The number of anilines is 2. The number of nitrogens with one attached hydrogen (secondary N) is 2. The minimum atomic E-state index is -0.350.